The molecule has 2 unspecified atom stereocenters. The molecule has 1 fully saturated rings. The SMILES string of the molecule is CCC1CCC(C)N1c1ncc(CNC)s1. The lowest BCUT2D eigenvalue weighted by Crippen LogP contribution is -2.33. The number of aromatic nitrogens is 1. The van der Waals surface area contributed by atoms with Crippen molar-refractivity contribution in [3.8, 4) is 0 Å². The molecule has 2 rings (SSSR count). The molecule has 0 amide bonds. The summed E-state index contributed by atoms with van der Waals surface area (Å²) in [5.74, 6) is 0. The number of anilines is 1. The van der Waals surface area contributed by atoms with Gasteiger partial charge in [0, 0.05) is 29.7 Å². The van der Waals surface area contributed by atoms with Gasteiger partial charge in [0.05, 0.1) is 0 Å². The van der Waals surface area contributed by atoms with Crippen LogP contribution in [0.3, 0.4) is 0 Å². The Morgan fingerprint density at radius 3 is 3.06 bits per heavy atom. The fourth-order valence-corrected chi connectivity index (χ4v) is 3.59. The molecule has 0 aliphatic carbocycles. The number of nitrogens with one attached hydrogen (secondary N) is 1. The van der Waals surface area contributed by atoms with E-state index in [-0.39, 0.29) is 0 Å². The molecule has 1 saturated heterocycles. The maximum atomic E-state index is 4.57. The molecule has 0 radical (unpaired) electrons. The quantitative estimate of drug-likeness (QED) is 0.875. The Balaban J connectivity index is 2.14. The largest absolute Gasteiger partial charge is 0.342 e. The first-order valence-electron chi connectivity index (χ1n) is 6.14. The van der Waals surface area contributed by atoms with Gasteiger partial charge < -0.3 is 10.2 Å². The van der Waals surface area contributed by atoms with Crippen LogP contribution >= 0.6 is 11.3 Å². The topological polar surface area (TPSA) is 28.2 Å². The van der Waals surface area contributed by atoms with Gasteiger partial charge in [-0.3, -0.25) is 0 Å². The molecule has 16 heavy (non-hydrogen) atoms. The van der Waals surface area contributed by atoms with Crippen LogP contribution in [-0.2, 0) is 6.54 Å². The minimum atomic E-state index is 0.651. The number of hydrogen-bond donors (Lipinski definition) is 1. The summed E-state index contributed by atoms with van der Waals surface area (Å²) in [4.78, 5) is 8.41. The lowest BCUT2D eigenvalue weighted by Gasteiger charge is -2.27. The maximum absolute atomic E-state index is 4.57. The molecule has 4 heteroatoms. The molecule has 2 atom stereocenters. The number of thiazole rings is 1. The Morgan fingerprint density at radius 1 is 1.56 bits per heavy atom. The van der Waals surface area contributed by atoms with E-state index in [0.29, 0.717) is 12.1 Å². The molecule has 1 aromatic heterocycles. The van der Waals surface area contributed by atoms with Gasteiger partial charge in [0.15, 0.2) is 5.13 Å². The standard InChI is InChI=1S/C12H21N3S/c1-4-10-6-5-9(2)15(10)12-14-8-11(16-12)7-13-3/h8-10,13H,4-7H2,1-3H3. The number of nitrogens with zero attached hydrogens (tertiary/aromatic N) is 2. The van der Waals surface area contributed by atoms with Crippen LogP contribution in [0.15, 0.2) is 6.20 Å². The van der Waals surface area contributed by atoms with Gasteiger partial charge >= 0.3 is 0 Å². The van der Waals surface area contributed by atoms with Gasteiger partial charge in [-0.15, -0.1) is 11.3 Å². The fraction of sp³-hybridized carbons (Fsp3) is 0.750. The molecule has 0 aromatic carbocycles. The molecule has 0 saturated carbocycles. The predicted octanol–water partition coefficient (Wildman–Crippen LogP) is 2.63. The molecule has 1 aromatic rings. The monoisotopic (exact) mass is 239 g/mol. The van der Waals surface area contributed by atoms with Crippen molar-refractivity contribution in [3.05, 3.63) is 11.1 Å². The second-order valence-electron chi connectivity index (χ2n) is 4.54. The molecular formula is C12H21N3S. The van der Waals surface area contributed by atoms with Gasteiger partial charge in [-0.05, 0) is 33.2 Å². The first-order valence-corrected chi connectivity index (χ1v) is 6.95. The summed E-state index contributed by atoms with van der Waals surface area (Å²) in [5, 5.41) is 4.39. The fourth-order valence-electron chi connectivity index (χ4n) is 2.49. The van der Waals surface area contributed by atoms with Crippen LogP contribution in [0.5, 0.6) is 0 Å². The van der Waals surface area contributed by atoms with E-state index in [0.717, 1.165) is 6.54 Å². The average Bonchev–Trinajstić information content (AvgIpc) is 2.85. The smallest absolute Gasteiger partial charge is 0.186 e. The van der Waals surface area contributed by atoms with Gasteiger partial charge in [0.25, 0.3) is 0 Å². The molecule has 1 aliphatic rings. The van der Waals surface area contributed by atoms with Crippen LogP contribution in [-0.4, -0.2) is 24.1 Å². The van der Waals surface area contributed by atoms with Crippen LogP contribution < -0.4 is 10.2 Å². The minimum absolute atomic E-state index is 0.651. The Bertz CT molecular complexity index is 337. The minimum Gasteiger partial charge on any atom is -0.342 e. The summed E-state index contributed by atoms with van der Waals surface area (Å²) in [5.41, 5.74) is 0. The highest BCUT2D eigenvalue weighted by Gasteiger charge is 2.31. The van der Waals surface area contributed by atoms with E-state index in [1.807, 2.05) is 24.6 Å². The Hall–Kier alpha value is -0.610. The zero-order valence-electron chi connectivity index (χ0n) is 10.4. The van der Waals surface area contributed by atoms with Crippen molar-refractivity contribution in [3.63, 3.8) is 0 Å². The van der Waals surface area contributed by atoms with E-state index in [9.17, 15) is 0 Å². The molecule has 2 heterocycles. The van der Waals surface area contributed by atoms with E-state index in [4.69, 9.17) is 0 Å². The highest BCUT2D eigenvalue weighted by molar-refractivity contribution is 7.15. The first kappa shape index (κ1) is 11.9. The second-order valence-corrected chi connectivity index (χ2v) is 5.63. The van der Waals surface area contributed by atoms with E-state index in [1.54, 1.807) is 0 Å². The van der Waals surface area contributed by atoms with Crippen molar-refractivity contribution in [1.82, 2.24) is 10.3 Å². The molecule has 1 N–H and O–H groups in total. The molecule has 0 spiro atoms. The lowest BCUT2D eigenvalue weighted by molar-refractivity contribution is 0.626. The van der Waals surface area contributed by atoms with E-state index in [1.165, 1.54) is 29.3 Å². The van der Waals surface area contributed by atoms with Crippen LogP contribution in [0.4, 0.5) is 5.13 Å². The third-order valence-electron chi connectivity index (χ3n) is 3.37. The van der Waals surface area contributed by atoms with E-state index in [2.05, 4.69) is 29.0 Å². The van der Waals surface area contributed by atoms with Gasteiger partial charge in [0.2, 0.25) is 0 Å². The summed E-state index contributed by atoms with van der Waals surface area (Å²) >= 11 is 1.83. The summed E-state index contributed by atoms with van der Waals surface area (Å²) in [7, 11) is 1.98. The van der Waals surface area contributed by atoms with Crippen molar-refractivity contribution in [2.24, 2.45) is 0 Å². The Labute approximate surface area is 102 Å². The van der Waals surface area contributed by atoms with Crippen LogP contribution in [0, 0.1) is 0 Å². The van der Waals surface area contributed by atoms with Crippen LogP contribution in [0.2, 0.25) is 0 Å². The van der Waals surface area contributed by atoms with Gasteiger partial charge in [-0.25, -0.2) is 4.98 Å². The van der Waals surface area contributed by atoms with Crippen molar-refractivity contribution < 1.29 is 0 Å². The van der Waals surface area contributed by atoms with Gasteiger partial charge in [0.1, 0.15) is 0 Å². The van der Waals surface area contributed by atoms with E-state index < -0.39 is 0 Å². The zero-order chi connectivity index (χ0) is 11.5. The van der Waals surface area contributed by atoms with Crippen molar-refractivity contribution >= 4 is 16.5 Å². The van der Waals surface area contributed by atoms with Crippen molar-refractivity contribution in [2.75, 3.05) is 11.9 Å². The van der Waals surface area contributed by atoms with Gasteiger partial charge in [-0.1, -0.05) is 6.92 Å². The molecule has 3 nitrogen and oxygen atoms in total. The Morgan fingerprint density at radius 2 is 2.38 bits per heavy atom. The highest BCUT2D eigenvalue weighted by atomic mass is 32.1. The zero-order valence-corrected chi connectivity index (χ0v) is 11.2. The second kappa shape index (κ2) is 5.15. The van der Waals surface area contributed by atoms with Crippen molar-refractivity contribution in [2.45, 2.75) is 51.7 Å². The van der Waals surface area contributed by atoms with Crippen LogP contribution in [0.25, 0.3) is 0 Å². The summed E-state index contributed by atoms with van der Waals surface area (Å²) in [6.45, 7) is 5.52. The average molecular weight is 239 g/mol. The maximum Gasteiger partial charge on any atom is 0.186 e. The van der Waals surface area contributed by atoms with Crippen molar-refractivity contribution in [1.29, 1.82) is 0 Å². The Kier molecular flexibility index (Phi) is 3.82. The summed E-state index contributed by atoms with van der Waals surface area (Å²) in [6.07, 6.45) is 5.86. The highest BCUT2D eigenvalue weighted by Crippen LogP contribution is 2.34. The molecule has 90 valence electrons. The number of hydrogen-bond acceptors (Lipinski definition) is 4. The molecular weight excluding hydrogens is 218 g/mol. The van der Waals surface area contributed by atoms with E-state index >= 15 is 0 Å². The molecule has 0 bridgehead atoms. The third kappa shape index (κ3) is 2.23. The van der Waals surface area contributed by atoms with Crippen LogP contribution in [0.1, 0.15) is 38.0 Å². The lowest BCUT2D eigenvalue weighted by atomic mass is 10.2. The first-order chi connectivity index (χ1) is 7.76. The number of rotatable bonds is 4. The van der Waals surface area contributed by atoms with Gasteiger partial charge in [-0.2, -0.15) is 0 Å². The third-order valence-corrected chi connectivity index (χ3v) is 4.38. The molecule has 1 aliphatic heterocycles. The predicted molar refractivity (Wildman–Crippen MR) is 70.1 cm³/mol. The summed E-state index contributed by atoms with van der Waals surface area (Å²) < 4.78 is 0. The summed E-state index contributed by atoms with van der Waals surface area (Å²) in [6, 6.07) is 1.35. The normalized spacial score (nSPS) is 25.3.